The van der Waals surface area contributed by atoms with Gasteiger partial charge in [0.15, 0.2) is 0 Å². The number of rotatable bonds is 7. The Morgan fingerprint density at radius 3 is 2.65 bits per heavy atom. The Morgan fingerprint density at radius 2 is 2.05 bits per heavy atom. The van der Waals surface area contributed by atoms with Crippen LogP contribution < -0.4 is 0 Å². The molecule has 0 bridgehead atoms. The predicted molar refractivity (Wildman–Crippen MR) is 80.8 cm³/mol. The van der Waals surface area contributed by atoms with Crippen LogP contribution >= 0.6 is 0 Å². The summed E-state index contributed by atoms with van der Waals surface area (Å²) in [6, 6.07) is 10.5. The van der Waals surface area contributed by atoms with Gasteiger partial charge in [0, 0.05) is 6.54 Å². The van der Waals surface area contributed by atoms with Crippen LogP contribution in [0.1, 0.15) is 38.2 Å². The lowest BCUT2D eigenvalue weighted by Gasteiger charge is -2.23. The second-order valence-electron chi connectivity index (χ2n) is 5.91. The van der Waals surface area contributed by atoms with Crippen molar-refractivity contribution in [1.29, 1.82) is 0 Å². The van der Waals surface area contributed by atoms with E-state index in [4.69, 9.17) is 0 Å². The van der Waals surface area contributed by atoms with Crippen molar-refractivity contribution in [3.8, 4) is 0 Å². The minimum Gasteiger partial charge on any atom is -0.481 e. The first-order valence-electron chi connectivity index (χ1n) is 7.66. The van der Waals surface area contributed by atoms with Crippen molar-refractivity contribution in [3.63, 3.8) is 0 Å². The molecular formula is C17H25NO2. The average molecular weight is 275 g/mol. The summed E-state index contributed by atoms with van der Waals surface area (Å²) in [5.41, 5.74) is 0.904. The van der Waals surface area contributed by atoms with Gasteiger partial charge in [-0.05, 0) is 50.8 Å². The number of hydrogen-bond donors (Lipinski definition) is 1. The van der Waals surface area contributed by atoms with Crippen molar-refractivity contribution in [2.45, 2.75) is 39.0 Å². The molecule has 20 heavy (non-hydrogen) atoms. The Kier molecular flexibility index (Phi) is 5.18. The zero-order valence-electron chi connectivity index (χ0n) is 12.3. The van der Waals surface area contributed by atoms with Gasteiger partial charge in [0.1, 0.15) is 0 Å². The molecule has 3 heteroatoms. The largest absolute Gasteiger partial charge is 0.481 e. The van der Waals surface area contributed by atoms with Gasteiger partial charge in [0.05, 0.1) is 5.41 Å². The van der Waals surface area contributed by atoms with Crippen LogP contribution in [0.4, 0.5) is 0 Å². The van der Waals surface area contributed by atoms with E-state index in [1.807, 2.05) is 13.0 Å². The average Bonchev–Trinajstić information content (AvgIpc) is 2.90. The van der Waals surface area contributed by atoms with E-state index in [1.165, 1.54) is 12.0 Å². The smallest absolute Gasteiger partial charge is 0.310 e. The third kappa shape index (κ3) is 3.60. The van der Waals surface area contributed by atoms with E-state index in [0.717, 1.165) is 45.3 Å². The molecule has 1 aliphatic rings. The van der Waals surface area contributed by atoms with Crippen LogP contribution in [0.15, 0.2) is 30.3 Å². The van der Waals surface area contributed by atoms with Gasteiger partial charge in [0.2, 0.25) is 0 Å². The van der Waals surface area contributed by atoms with E-state index in [-0.39, 0.29) is 0 Å². The monoisotopic (exact) mass is 275 g/mol. The van der Waals surface area contributed by atoms with Crippen LogP contribution in [-0.4, -0.2) is 35.6 Å². The number of aliphatic carboxylic acids is 1. The second kappa shape index (κ2) is 6.89. The molecular weight excluding hydrogens is 250 g/mol. The minimum absolute atomic E-state index is 0.487. The van der Waals surface area contributed by atoms with Crippen molar-refractivity contribution in [2.75, 3.05) is 19.6 Å². The Bertz CT molecular complexity index is 432. The fourth-order valence-electron chi connectivity index (χ4n) is 3.07. The predicted octanol–water partition coefficient (Wildman–Crippen LogP) is 3.20. The number of nitrogens with zero attached hydrogens (tertiary/aromatic N) is 1. The number of unbranched alkanes of at least 4 members (excludes halogenated alkanes) is 1. The molecule has 1 aliphatic heterocycles. The molecule has 0 aromatic heterocycles. The van der Waals surface area contributed by atoms with Crippen LogP contribution in [0, 0.1) is 5.41 Å². The topological polar surface area (TPSA) is 40.5 Å². The molecule has 110 valence electrons. The van der Waals surface area contributed by atoms with Crippen LogP contribution in [0.2, 0.25) is 0 Å². The Hall–Kier alpha value is -1.35. The van der Waals surface area contributed by atoms with Crippen molar-refractivity contribution in [1.82, 2.24) is 4.90 Å². The summed E-state index contributed by atoms with van der Waals surface area (Å²) < 4.78 is 0. The number of carboxylic acids is 1. The lowest BCUT2D eigenvalue weighted by Crippen LogP contribution is -2.34. The number of carboxylic acid groups (broad SMARTS) is 1. The molecule has 1 fully saturated rings. The van der Waals surface area contributed by atoms with Crippen LogP contribution in [0.3, 0.4) is 0 Å². The van der Waals surface area contributed by atoms with E-state index >= 15 is 0 Å². The van der Waals surface area contributed by atoms with E-state index in [0.29, 0.717) is 0 Å². The second-order valence-corrected chi connectivity index (χ2v) is 5.91. The fourth-order valence-corrected chi connectivity index (χ4v) is 3.07. The summed E-state index contributed by atoms with van der Waals surface area (Å²) in [5.74, 6) is -0.619. The molecule has 1 heterocycles. The fraction of sp³-hybridized carbons (Fsp3) is 0.588. The zero-order valence-corrected chi connectivity index (χ0v) is 12.3. The number of carbonyl (C=O) groups is 1. The van der Waals surface area contributed by atoms with E-state index in [2.05, 4.69) is 29.2 Å². The van der Waals surface area contributed by atoms with E-state index < -0.39 is 11.4 Å². The standard InChI is InChI=1S/C17H25NO2/c1-2-17(16(19)20)11-13-18(14-17)12-7-6-10-15-8-4-3-5-9-15/h3-5,8-9H,2,6-7,10-14H2,1H3,(H,19,20). The van der Waals surface area contributed by atoms with Crippen molar-refractivity contribution in [2.24, 2.45) is 5.41 Å². The number of hydrogen-bond acceptors (Lipinski definition) is 2. The highest BCUT2D eigenvalue weighted by atomic mass is 16.4. The summed E-state index contributed by atoms with van der Waals surface area (Å²) in [4.78, 5) is 13.7. The number of likely N-dealkylation sites (tertiary alicyclic amines) is 1. The molecule has 1 atom stereocenters. The Labute approximate surface area is 121 Å². The summed E-state index contributed by atoms with van der Waals surface area (Å²) in [6.45, 7) is 4.69. The molecule has 0 radical (unpaired) electrons. The van der Waals surface area contributed by atoms with Crippen LogP contribution in [0.5, 0.6) is 0 Å². The highest BCUT2D eigenvalue weighted by Gasteiger charge is 2.42. The highest BCUT2D eigenvalue weighted by molar-refractivity contribution is 5.75. The zero-order chi connectivity index (χ0) is 14.4. The molecule has 0 amide bonds. The molecule has 1 aromatic carbocycles. The van der Waals surface area contributed by atoms with Crippen LogP contribution in [-0.2, 0) is 11.2 Å². The maximum Gasteiger partial charge on any atom is 0.310 e. The molecule has 1 unspecified atom stereocenters. The number of aryl methyl sites for hydroxylation is 1. The first kappa shape index (κ1) is 15.0. The van der Waals surface area contributed by atoms with Gasteiger partial charge >= 0.3 is 5.97 Å². The molecule has 1 aromatic rings. The Balaban J connectivity index is 1.70. The molecule has 2 rings (SSSR count). The molecule has 0 aliphatic carbocycles. The lowest BCUT2D eigenvalue weighted by molar-refractivity contribution is -0.148. The summed E-state index contributed by atoms with van der Waals surface area (Å²) in [6.07, 6.45) is 4.98. The Morgan fingerprint density at radius 1 is 1.30 bits per heavy atom. The van der Waals surface area contributed by atoms with Gasteiger partial charge in [-0.1, -0.05) is 37.3 Å². The third-order valence-electron chi connectivity index (χ3n) is 4.60. The SMILES string of the molecule is CCC1(C(=O)O)CCN(CCCCc2ccccc2)C1. The first-order valence-corrected chi connectivity index (χ1v) is 7.66. The van der Waals surface area contributed by atoms with Gasteiger partial charge in [-0.3, -0.25) is 4.79 Å². The van der Waals surface area contributed by atoms with Gasteiger partial charge < -0.3 is 10.0 Å². The van der Waals surface area contributed by atoms with E-state index in [1.54, 1.807) is 0 Å². The summed E-state index contributed by atoms with van der Waals surface area (Å²) in [7, 11) is 0. The van der Waals surface area contributed by atoms with Gasteiger partial charge in [0.25, 0.3) is 0 Å². The number of benzene rings is 1. The normalized spacial score (nSPS) is 23.1. The molecule has 3 nitrogen and oxygen atoms in total. The maximum absolute atomic E-state index is 11.4. The molecule has 1 N–H and O–H groups in total. The summed E-state index contributed by atoms with van der Waals surface area (Å²) >= 11 is 0. The van der Waals surface area contributed by atoms with Gasteiger partial charge in [-0.15, -0.1) is 0 Å². The van der Waals surface area contributed by atoms with Gasteiger partial charge in [-0.2, -0.15) is 0 Å². The quantitative estimate of drug-likeness (QED) is 0.777. The van der Waals surface area contributed by atoms with Crippen LogP contribution in [0.25, 0.3) is 0 Å². The third-order valence-corrected chi connectivity index (χ3v) is 4.60. The van der Waals surface area contributed by atoms with Gasteiger partial charge in [-0.25, -0.2) is 0 Å². The van der Waals surface area contributed by atoms with Crippen molar-refractivity contribution < 1.29 is 9.90 Å². The highest BCUT2D eigenvalue weighted by Crippen LogP contribution is 2.34. The lowest BCUT2D eigenvalue weighted by atomic mass is 9.84. The molecule has 0 saturated carbocycles. The minimum atomic E-state index is -0.619. The van der Waals surface area contributed by atoms with Crippen molar-refractivity contribution >= 4 is 5.97 Å². The maximum atomic E-state index is 11.4. The van der Waals surface area contributed by atoms with E-state index in [9.17, 15) is 9.90 Å². The molecule has 1 saturated heterocycles. The summed E-state index contributed by atoms with van der Waals surface area (Å²) in [5, 5.41) is 9.38. The molecule has 0 spiro atoms. The first-order chi connectivity index (χ1) is 9.66. The van der Waals surface area contributed by atoms with Crippen molar-refractivity contribution in [3.05, 3.63) is 35.9 Å².